The van der Waals surface area contributed by atoms with Crippen LogP contribution in [0.4, 0.5) is 4.39 Å². The highest BCUT2D eigenvalue weighted by molar-refractivity contribution is 6.45. The molecule has 2 aromatic carbocycles. The van der Waals surface area contributed by atoms with Crippen molar-refractivity contribution < 1.29 is 18.9 Å². The number of likely N-dealkylation sites (N-methyl/N-ethyl adjacent to an activating group) is 1. The summed E-state index contributed by atoms with van der Waals surface area (Å²) in [6.45, 7) is 3.55. The molecule has 0 unspecified atom stereocenters. The SMILES string of the molecule is C#Cc1cccc(/C(C)=N/OCc2c(C)cccc2/C(=N\OC)C(=O)NC)c1F. The molecule has 0 bridgehead atoms. The fraction of sp³-hybridized carbons (Fsp3) is 0.227. The first kappa shape index (κ1) is 21.6. The monoisotopic (exact) mass is 395 g/mol. The van der Waals surface area contributed by atoms with Crippen molar-refractivity contribution in [2.24, 2.45) is 10.3 Å². The van der Waals surface area contributed by atoms with Crippen LogP contribution in [0.2, 0.25) is 0 Å². The molecule has 6 nitrogen and oxygen atoms in total. The number of hydrogen-bond donors (Lipinski definition) is 1. The Morgan fingerprint density at radius 2 is 1.90 bits per heavy atom. The minimum atomic E-state index is -0.523. The van der Waals surface area contributed by atoms with Gasteiger partial charge in [0.2, 0.25) is 0 Å². The van der Waals surface area contributed by atoms with Crippen LogP contribution >= 0.6 is 0 Å². The van der Waals surface area contributed by atoms with Crippen LogP contribution in [0.15, 0.2) is 46.7 Å². The van der Waals surface area contributed by atoms with E-state index in [4.69, 9.17) is 16.1 Å². The number of halogens is 1. The van der Waals surface area contributed by atoms with Crippen molar-refractivity contribution in [1.82, 2.24) is 5.32 Å². The summed E-state index contributed by atoms with van der Waals surface area (Å²) in [5.74, 6) is 1.37. The quantitative estimate of drug-likeness (QED) is 0.445. The van der Waals surface area contributed by atoms with Gasteiger partial charge in [0.1, 0.15) is 19.5 Å². The second kappa shape index (κ2) is 10.0. The molecule has 7 heteroatoms. The van der Waals surface area contributed by atoms with Crippen LogP contribution in [0.25, 0.3) is 0 Å². The lowest BCUT2D eigenvalue weighted by Crippen LogP contribution is -2.29. The van der Waals surface area contributed by atoms with E-state index in [2.05, 4.69) is 21.5 Å². The van der Waals surface area contributed by atoms with Crippen LogP contribution in [0.3, 0.4) is 0 Å². The molecule has 0 fully saturated rings. The third-order valence-corrected chi connectivity index (χ3v) is 4.24. The summed E-state index contributed by atoms with van der Waals surface area (Å²) >= 11 is 0. The normalized spacial score (nSPS) is 11.6. The van der Waals surface area contributed by atoms with E-state index in [0.29, 0.717) is 16.8 Å². The summed E-state index contributed by atoms with van der Waals surface area (Å²) in [5, 5.41) is 10.4. The maximum absolute atomic E-state index is 14.4. The Hall–Kier alpha value is -3.66. The van der Waals surface area contributed by atoms with Crippen molar-refractivity contribution in [3.63, 3.8) is 0 Å². The average Bonchev–Trinajstić information content (AvgIpc) is 2.72. The smallest absolute Gasteiger partial charge is 0.273 e. The molecule has 2 aromatic rings. The van der Waals surface area contributed by atoms with E-state index in [-0.39, 0.29) is 23.4 Å². The van der Waals surface area contributed by atoms with Gasteiger partial charge in [0.15, 0.2) is 5.71 Å². The van der Waals surface area contributed by atoms with Crippen LogP contribution in [0, 0.1) is 25.1 Å². The minimum Gasteiger partial charge on any atom is -0.398 e. The molecule has 0 heterocycles. The second-order valence-corrected chi connectivity index (χ2v) is 6.06. The molecule has 0 aromatic heterocycles. The Morgan fingerprint density at radius 3 is 2.55 bits per heavy atom. The highest BCUT2D eigenvalue weighted by atomic mass is 19.1. The van der Waals surface area contributed by atoms with E-state index in [9.17, 15) is 9.18 Å². The van der Waals surface area contributed by atoms with Crippen molar-refractivity contribution in [3.05, 3.63) is 70.0 Å². The lowest BCUT2D eigenvalue weighted by Gasteiger charge is -2.13. The van der Waals surface area contributed by atoms with E-state index in [1.54, 1.807) is 31.2 Å². The number of hydrogen-bond acceptors (Lipinski definition) is 5. The molecule has 0 aliphatic rings. The highest BCUT2D eigenvalue weighted by Crippen LogP contribution is 2.18. The third kappa shape index (κ3) is 4.99. The number of amides is 1. The lowest BCUT2D eigenvalue weighted by molar-refractivity contribution is -0.114. The molecule has 0 atom stereocenters. The Labute approximate surface area is 169 Å². The van der Waals surface area contributed by atoms with Crippen LogP contribution < -0.4 is 5.32 Å². The summed E-state index contributed by atoms with van der Waals surface area (Å²) in [5.41, 5.74) is 3.02. The first-order valence-corrected chi connectivity index (χ1v) is 8.78. The van der Waals surface area contributed by atoms with Gasteiger partial charge in [-0.15, -0.1) is 6.42 Å². The fourth-order valence-electron chi connectivity index (χ4n) is 2.70. The number of benzene rings is 2. The molecular formula is C22H22FN3O3. The zero-order valence-corrected chi connectivity index (χ0v) is 16.7. The number of oxime groups is 2. The maximum Gasteiger partial charge on any atom is 0.273 e. The van der Waals surface area contributed by atoms with Gasteiger partial charge in [-0.1, -0.05) is 40.5 Å². The summed E-state index contributed by atoms with van der Waals surface area (Å²) in [4.78, 5) is 22.5. The number of carbonyl (C=O) groups excluding carboxylic acids is 1. The Morgan fingerprint density at radius 1 is 1.21 bits per heavy atom. The number of terminal acetylenes is 1. The topological polar surface area (TPSA) is 72.3 Å². The molecule has 0 radical (unpaired) electrons. The maximum atomic E-state index is 14.4. The summed E-state index contributed by atoms with van der Waals surface area (Å²) < 4.78 is 14.4. The third-order valence-electron chi connectivity index (χ3n) is 4.24. The molecule has 2 rings (SSSR count). The number of carbonyl (C=O) groups is 1. The zero-order chi connectivity index (χ0) is 21.4. The Bertz CT molecular complexity index is 1010. The lowest BCUT2D eigenvalue weighted by atomic mass is 9.98. The molecule has 0 spiro atoms. The van der Waals surface area contributed by atoms with Crippen LogP contribution in [0.1, 0.15) is 34.7 Å². The van der Waals surface area contributed by atoms with Crippen molar-refractivity contribution in [2.45, 2.75) is 20.5 Å². The first-order valence-electron chi connectivity index (χ1n) is 8.78. The van der Waals surface area contributed by atoms with Crippen molar-refractivity contribution in [3.8, 4) is 12.3 Å². The largest absolute Gasteiger partial charge is 0.398 e. The van der Waals surface area contributed by atoms with Crippen molar-refractivity contribution in [2.75, 3.05) is 14.2 Å². The van der Waals surface area contributed by atoms with Gasteiger partial charge in [0.05, 0.1) is 11.3 Å². The number of rotatable bonds is 7. The van der Waals surface area contributed by atoms with Crippen LogP contribution in [-0.2, 0) is 21.1 Å². The van der Waals surface area contributed by atoms with E-state index < -0.39 is 11.7 Å². The number of nitrogens with one attached hydrogen (secondary N) is 1. The van der Waals surface area contributed by atoms with E-state index >= 15 is 0 Å². The molecule has 0 aliphatic carbocycles. The second-order valence-electron chi connectivity index (χ2n) is 6.06. The van der Waals surface area contributed by atoms with E-state index in [1.165, 1.54) is 20.2 Å². The molecular weight excluding hydrogens is 373 g/mol. The Kier molecular flexibility index (Phi) is 7.49. The predicted molar refractivity (Wildman–Crippen MR) is 110 cm³/mol. The van der Waals surface area contributed by atoms with Crippen molar-refractivity contribution >= 4 is 17.3 Å². The van der Waals surface area contributed by atoms with Gasteiger partial charge in [-0.3, -0.25) is 4.79 Å². The number of nitrogens with zero attached hydrogens (tertiary/aromatic N) is 2. The Balaban J connectivity index is 2.32. The van der Waals surface area contributed by atoms with Gasteiger partial charge in [-0.05, 0) is 31.5 Å². The van der Waals surface area contributed by atoms with Gasteiger partial charge >= 0.3 is 0 Å². The fourth-order valence-corrected chi connectivity index (χ4v) is 2.70. The van der Waals surface area contributed by atoms with Gasteiger partial charge in [-0.2, -0.15) is 0 Å². The molecule has 1 N–H and O–H groups in total. The van der Waals surface area contributed by atoms with Crippen LogP contribution in [0.5, 0.6) is 0 Å². The zero-order valence-electron chi connectivity index (χ0n) is 16.7. The summed E-state index contributed by atoms with van der Waals surface area (Å²) in [7, 11) is 2.87. The van der Waals surface area contributed by atoms with E-state index in [0.717, 1.165) is 5.56 Å². The molecule has 0 saturated carbocycles. The predicted octanol–water partition coefficient (Wildman–Crippen LogP) is 3.15. The molecule has 0 saturated heterocycles. The van der Waals surface area contributed by atoms with Gasteiger partial charge in [0, 0.05) is 23.7 Å². The van der Waals surface area contributed by atoms with Gasteiger partial charge in [0.25, 0.3) is 5.91 Å². The molecule has 29 heavy (non-hydrogen) atoms. The average molecular weight is 395 g/mol. The minimum absolute atomic E-state index is 0.0511. The molecule has 150 valence electrons. The summed E-state index contributed by atoms with van der Waals surface area (Å²) in [6.07, 6.45) is 5.30. The molecule has 1 amide bonds. The van der Waals surface area contributed by atoms with Gasteiger partial charge < -0.3 is 15.0 Å². The summed E-state index contributed by atoms with van der Waals surface area (Å²) in [6, 6.07) is 10.2. The highest BCUT2D eigenvalue weighted by Gasteiger charge is 2.19. The van der Waals surface area contributed by atoms with E-state index in [1.807, 2.05) is 13.0 Å². The number of aryl methyl sites for hydroxylation is 1. The van der Waals surface area contributed by atoms with Crippen molar-refractivity contribution in [1.29, 1.82) is 0 Å². The standard InChI is InChI=1S/C22H22FN3O3/c1-6-16-10-8-11-17(20(16)23)15(3)25-29-13-19-14(2)9-7-12-18(19)21(26-28-5)22(27)24-4/h1,7-12H,13H2,2-5H3,(H,24,27)/b25-15+,26-21+. The first-order chi connectivity index (χ1) is 13.9. The molecule has 0 aliphatic heterocycles. The van der Waals surface area contributed by atoms with Gasteiger partial charge in [-0.25, -0.2) is 4.39 Å². The van der Waals surface area contributed by atoms with Crippen LogP contribution in [-0.4, -0.2) is 31.5 Å².